The molecule has 278 valence electrons. The molecule has 2 nitrogen and oxygen atoms in total. The minimum Gasteiger partial charge on any atom is -0.228 e. The summed E-state index contributed by atoms with van der Waals surface area (Å²) in [6.45, 7) is 4.77. The molecule has 1 aliphatic rings. The zero-order valence-electron chi connectivity index (χ0n) is 33.0. The van der Waals surface area contributed by atoms with Gasteiger partial charge in [-0.15, -0.1) is 0 Å². The summed E-state index contributed by atoms with van der Waals surface area (Å²) in [7, 11) is 0. The molecule has 1 aliphatic carbocycles. The summed E-state index contributed by atoms with van der Waals surface area (Å²) in [6.07, 6.45) is 0. The molecular formula is C57H40N2. The van der Waals surface area contributed by atoms with E-state index >= 15 is 0 Å². The van der Waals surface area contributed by atoms with Gasteiger partial charge in [-0.1, -0.05) is 196 Å². The van der Waals surface area contributed by atoms with Crippen molar-refractivity contribution in [3.8, 4) is 78.4 Å². The van der Waals surface area contributed by atoms with Crippen LogP contribution in [-0.4, -0.2) is 9.97 Å². The maximum atomic E-state index is 5.36. The van der Waals surface area contributed by atoms with Crippen LogP contribution in [0.3, 0.4) is 0 Å². The van der Waals surface area contributed by atoms with Crippen molar-refractivity contribution < 1.29 is 0 Å². The molecule has 0 aliphatic heterocycles. The van der Waals surface area contributed by atoms with E-state index in [1.54, 1.807) is 0 Å². The molecule has 9 aromatic carbocycles. The summed E-state index contributed by atoms with van der Waals surface area (Å²) in [5.41, 5.74) is 17.3. The molecule has 1 heterocycles. The van der Waals surface area contributed by atoms with Crippen LogP contribution < -0.4 is 0 Å². The van der Waals surface area contributed by atoms with Crippen LogP contribution in [0.2, 0.25) is 0 Å². The van der Waals surface area contributed by atoms with Gasteiger partial charge < -0.3 is 0 Å². The first-order valence-electron chi connectivity index (χ1n) is 20.4. The van der Waals surface area contributed by atoms with Crippen molar-refractivity contribution in [3.63, 3.8) is 0 Å². The number of benzene rings is 9. The topological polar surface area (TPSA) is 25.8 Å². The lowest BCUT2D eigenvalue weighted by molar-refractivity contribution is 0.663. The maximum absolute atomic E-state index is 5.36. The number of fused-ring (bicyclic) bond motifs is 5. The van der Waals surface area contributed by atoms with E-state index < -0.39 is 0 Å². The lowest BCUT2D eigenvalue weighted by atomic mass is 9.78. The van der Waals surface area contributed by atoms with Crippen molar-refractivity contribution in [1.29, 1.82) is 0 Å². The Labute approximate surface area is 345 Å². The van der Waals surface area contributed by atoms with Crippen LogP contribution in [0.15, 0.2) is 206 Å². The number of aromatic nitrogens is 2. The van der Waals surface area contributed by atoms with E-state index in [1.165, 1.54) is 60.7 Å². The summed E-state index contributed by atoms with van der Waals surface area (Å²) in [4.78, 5) is 10.6. The highest BCUT2D eigenvalue weighted by atomic mass is 14.9. The van der Waals surface area contributed by atoms with E-state index in [-0.39, 0.29) is 5.41 Å². The van der Waals surface area contributed by atoms with Crippen molar-refractivity contribution in [2.24, 2.45) is 0 Å². The van der Waals surface area contributed by atoms with Gasteiger partial charge >= 0.3 is 0 Å². The number of rotatable bonds is 6. The Morgan fingerprint density at radius 3 is 1.56 bits per heavy atom. The second kappa shape index (κ2) is 13.9. The van der Waals surface area contributed by atoms with E-state index in [1.807, 2.05) is 0 Å². The average molecular weight is 753 g/mol. The van der Waals surface area contributed by atoms with E-state index in [2.05, 4.69) is 220 Å². The maximum Gasteiger partial charge on any atom is 0.160 e. The van der Waals surface area contributed by atoms with Crippen LogP contribution in [-0.2, 0) is 5.41 Å². The number of hydrogen-bond donors (Lipinski definition) is 0. The quantitative estimate of drug-likeness (QED) is 0.169. The average Bonchev–Trinajstić information content (AvgIpc) is 3.53. The first kappa shape index (κ1) is 34.8. The van der Waals surface area contributed by atoms with Gasteiger partial charge in [-0.2, -0.15) is 0 Å². The predicted molar refractivity (Wildman–Crippen MR) is 247 cm³/mol. The van der Waals surface area contributed by atoms with Crippen LogP contribution in [0, 0.1) is 0 Å². The van der Waals surface area contributed by atoms with Crippen molar-refractivity contribution in [3.05, 3.63) is 217 Å². The molecule has 0 amide bonds. The lowest BCUT2D eigenvalue weighted by Crippen LogP contribution is -2.16. The Kier molecular flexibility index (Phi) is 8.20. The highest BCUT2D eigenvalue weighted by Gasteiger charge is 2.38. The third-order valence-electron chi connectivity index (χ3n) is 12.3. The molecule has 0 saturated heterocycles. The van der Waals surface area contributed by atoms with Crippen LogP contribution in [0.1, 0.15) is 25.0 Å². The Bertz CT molecular complexity index is 3220. The highest BCUT2D eigenvalue weighted by Crippen LogP contribution is 2.54. The fourth-order valence-corrected chi connectivity index (χ4v) is 9.34. The third-order valence-corrected chi connectivity index (χ3v) is 12.3. The fourth-order valence-electron chi connectivity index (χ4n) is 9.34. The van der Waals surface area contributed by atoms with Gasteiger partial charge in [0.25, 0.3) is 0 Å². The summed E-state index contributed by atoms with van der Waals surface area (Å²) in [5, 5.41) is 4.92. The van der Waals surface area contributed by atoms with E-state index in [4.69, 9.17) is 9.97 Å². The molecule has 0 N–H and O–H groups in total. The summed E-state index contributed by atoms with van der Waals surface area (Å²) in [6, 6.07) is 74.3. The molecule has 11 rings (SSSR count). The van der Waals surface area contributed by atoms with Gasteiger partial charge in [-0.3, -0.25) is 0 Å². The van der Waals surface area contributed by atoms with Gasteiger partial charge in [0.1, 0.15) is 0 Å². The summed E-state index contributed by atoms with van der Waals surface area (Å²) < 4.78 is 0. The molecule has 59 heavy (non-hydrogen) atoms. The van der Waals surface area contributed by atoms with Crippen molar-refractivity contribution in [2.75, 3.05) is 0 Å². The zero-order chi connectivity index (χ0) is 39.5. The van der Waals surface area contributed by atoms with Gasteiger partial charge in [0.05, 0.1) is 11.4 Å². The molecule has 0 saturated carbocycles. The first-order chi connectivity index (χ1) is 29.0. The van der Waals surface area contributed by atoms with Gasteiger partial charge in [0.15, 0.2) is 5.82 Å². The Balaban J connectivity index is 1.08. The third kappa shape index (κ3) is 5.96. The molecule has 0 spiro atoms. The minimum absolute atomic E-state index is 0.175. The van der Waals surface area contributed by atoms with Gasteiger partial charge in [0.2, 0.25) is 0 Å². The van der Waals surface area contributed by atoms with Gasteiger partial charge in [-0.05, 0) is 101 Å². The monoisotopic (exact) mass is 752 g/mol. The van der Waals surface area contributed by atoms with Crippen molar-refractivity contribution in [2.45, 2.75) is 19.3 Å². The molecule has 0 atom stereocenters. The smallest absolute Gasteiger partial charge is 0.160 e. The second-order valence-electron chi connectivity index (χ2n) is 16.2. The summed E-state index contributed by atoms with van der Waals surface area (Å²) in [5.74, 6) is 0.697. The molecule has 10 aromatic rings. The second-order valence-corrected chi connectivity index (χ2v) is 16.2. The standard InChI is InChI=1S/C57H40N2/c1-57(2)52-35-43-20-10-9-19-42(43)34-51(52)50-26-14-25-49(55(50)57)47-31-32-48(46-24-12-11-23-45(46)47)54-36-53(44-22-13-21-41(33-44)38-17-7-4-8-18-38)58-56(59-54)40-29-27-39(28-30-40)37-15-5-3-6-16-37/h3-36H,1-2H3. The normalized spacial score (nSPS) is 12.7. The van der Waals surface area contributed by atoms with Crippen LogP contribution >= 0.6 is 0 Å². The molecular weight excluding hydrogens is 713 g/mol. The first-order valence-corrected chi connectivity index (χ1v) is 20.4. The zero-order valence-corrected chi connectivity index (χ0v) is 33.0. The van der Waals surface area contributed by atoms with Gasteiger partial charge in [-0.25, -0.2) is 9.97 Å². The number of hydrogen-bond acceptors (Lipinski definition) is 2. The SMILES string of the molecule is CC1(C)c2cc3ccccc3cc2-c2cccc(-c3ccc(-c4cc(-c5cccc(-c6ccccc6)c5)nc(-c5ccc(-c6ccccc6)cc5)n4)c4ccccc34)c21. The largest absolute Gasteiger partial charge is 0.228 e. The van der Waals surface area contributed by atoms with E-state index in [0.29, 0.717) is 5.82 Å². The van der Waals surface area contributed by atoms with Crippen molar-refractivity contribution in [1.82, 2.24) is 9.97 Å². The van der Waals surface area contributed by atoms with Crippen LogP contribution in [0.25, 0.3) is 100.0 Å². The van der Waals surface area contributed by atoms with Gasteiger partial charge in [0, 0.05) is 22.1 Å². The van der Waals surface area contributed by atoms with E-state index in [9.17, 15) is 0 Å². The van der Waals surface area contributed by atoms with Crippen LogP contribution in [0.5, 0.6) is 0 Å². The summed E-state index contributed by atoms with van der Waals surface area (Å²) >= 11 is 0. The van der Waals surface area contributed by atoms with E-state index in [0.717, 1.165) is 44.6 Å². The highest BCUT2D eigenvalue weighted by molar-refractivity contribution is 6.07. The minimum atomic E-state index is -0.175. The Morgan fingerprint density at radius 2 is 0.831 bits per heavy atom. The molecule has 0 bridgehead atoms. The molecule has 0 unspecified atom stereocenters. The molecule has 0 fully saturated rings. The molecule has 0 radical (unpaired) electrons. The predicted octanol–water partition coefficient (Wildman–Crippen LogP) is 15.1. The Hall–Kier alpha value is -7.42. The van der Waals surface area contributed by atoms with Crippen LogP contribution in [0.4, 0.5) is 0 Å². The molecule has 1 aromatic heterocycles. The fraction of sp³-hybridized carbons (Fsp3) is 0.0526. The Morgan fingerprint density at radius 1 is 0.322 bits per heavy atom. The number of nitrogens with zero attached hydrogens (tertiary/aromatic N) is 2. The lowest BCUT2D eigenvalue weighted by Gasteiger charge is -2.25. The molecule has 2 heteroatoms. The van der Waals surface area contributed by atoms with Crippen molar-refractivity contribution >= 4 is 21.5 Å².